The van der Waals surface area contributed by atoms with Gasteiger partial charge in [0.2, 0.25) is 0 Å². The molecule has 0 spiro atoms. The predicted octanol–water partition coefficient (Wildman–Crippen LogP) is 3.07. The molecule has 0 aliphatic heterocycles. The van der Waals surface area contributed by atoms with Crippen molar-refractivity contribution in [3.05, 3.63) is 24.3 Å². The summed E-state index contributed by atoms with van der Waals surface area (Å²) in [6.07, 6.45) is 5.18. The summed E-state index contributed by atoms with van der Waals surface area (Å²) in [7, 11) is 0. The number of carboxylic acid groups (broad SMARTS) is 1. The van der Waals surface area contributed by atoms with Gasteiger partial charge in [-0.25, -0.2) is 0 Å². The Bertz CT molecular complexity index is 349. The van der Waals surface area contributed by atoms with E-state index >= 15 is 0 Å². The maximum Gasteiger partial charge on any atom is 0.303 e. The number of rotatable bonds is 9. The second kappa shape index (κ2) is 8.39. The summed E-state index contributed by atoms with van der Waals surface area (Å²) in [4.78, 5) is 10.3. The number of anilines is 1. The lowest BCUT2D eigenvalue weighted by atomic mass is 10.1. The Hall–Kier alpha value is -1.71. The number of hydrogen-bond acceptors (Lipinski definition) is 3. The lowest BCUT2D eigenvalue weighted by molar-refractivity contribution is -0.137. The van der Waals surface area contributed by atoms with Crippen LogP contribution >= 0.6 is 0 Å². The number of nitrogens with two attached hydrogens (primary N) is 1. The third kappa shape index (κ3) is 6.78. The van der Waals surface area contributed by atoms with Gasteiger partial charge in [0.15, 0.2) is 0 Å². The van der Waals surface area contributed by atoms with Crippen LogP contribution in [-0.4, -0.2) is 17.7 Å². The number of aliphatic carboxylic acids is 1. The van der Waals surface area contributed by atoms with Crippen molar-refractivity contribution < 1.29 is 14.6 Å². The lowest BCUT2D eigenvalue weighted by Gasteiger charge is -2.06. The molecule has 0 bridgehead atoms. The van der Waals surface area contributed by atoms with Crippen LogP contribution in [0.2, 0.25) is 0 Å². The van der Waals surface area contributed by atoms with Crippen molar-refractivity contribution in [2.45, 2.75) is 38.5 Å². The van der Waals surface area contributed by atoms with Crippen LogP contribution in [-0.2, 0) is 4.79 Å². The van der Waals surface area contributed by atoms with Crippen LogP contribution in [0, 0.1) is 0 Å². The van der Waals surface area contributed by atoms with Crippen molar-refractivity contribution in [3.8, 4) is 5.75 Å². The van der Waals surface area contributed by atoms with Crippen LogP contribution in [0.4, 0.5) is 5.69 Å². The minimum atomic E-state index is -0.707. The summed E-state index contributed by atoms with van der Waals surface area (Å²) in [6.45, 7) is 0.697. The molecular weight excluding hydrogens is 230 g/mol. The fourth-order valence-corrected chi connectivity index (χ4v) is 1.66. The first-order chi connectivity index (χ1) is 8.68. The van der Waals surface area contributed by atoms with Crippen molar-refractivity contribution in [3.63, 3.8) is 0 Å². The van der Waals surface area contributed by atoms with Gasteiger partial charge in [-0.2, -0.15) is 0 Å². The molecule has 18 heavy (non-hydrogen) atoms. The van der Waals surface area contributed by atoms with Gasteiger partial charge in [0.25, 0.3) is 0 Å². The van der Waals surface area contributed by atoms with E-state index in [0.717, 1.165) is 43.5 Å². The van der Waals surface area contributed by atoms with Crippen molar-refractivity contribution in [2.24, 2.45) is 0 Å². The zero-order chi connectivity index (χ0) is 13.2. The van der Waals surface area contributed by atoms with E-state index < -0.39 is 5.97 Å². The quantitative estimate of drug-likeness (QED) is 0.522. The summed E-state index contributed by atoms with van der Waals surface area (Å²) in [5.74, 6) is 0.136. The molecule has 100 valence electrons. The van der Waals surface area contributed by atoms with Gasteiger partial charge in [-0.1, -0.05) is 19.3 Å². The first-order valence-corrected chi connectivity index (χ1v) is 6.38. The number of carboxylic acids is 1. The molecule has 0 saturated carbocycles. The van der Waals surface area contributed by atoms with Gasteiger partial charge < -0.3 is 15.6 Å². The molecule has 3 N–H and O–H groups in total. The number of unbranched alkanes of at least 4 members (excludes halogenated alkanes) is 4. The van der Waals surface area contributed by atoms with Crippen LogP contribution in [0.25, 0.3) is 0 Å². The summed E-state index contributed by atoms with van der Waals surface area (Å²) < 4.78 is 5.56. The summed E-state index contributed by atoms with van der Waals surface area (Å²) in [5, 5.41) is 8.47. The smallest absolute Gasteiger partial charge is 0.303 e. The Morgan fingerprint density at radius 1 is 1.06 bits per heavy atom. The number of ether oxygens (including phenoxy) is 1. The van der Waals surface area contributed by atoms with E-state index in [0.29, 0.717) is 6.61 Å². The number of carbonyl (C=O) groups is 1. The van der Waals surface area contributed by atoms with Crippen LogP contribution in [0.15, 0.2) is 24.3 Å². The summed E-state index contributed by atoms with van der Waals surface area (Å²) in [6, 6.07) is 7.37. The molecule has 4 heteroatoms. The SMILES string of the molecule is Nc1ccc(OCCCCCCCC(=O)O)cc1. The molecule has 1 rings (SSSR count). The standard InChI is InChI=1S/C14H21NO3/c15-12-7-9-13(10-8-12)18-11-5-3-1-2-4-6-14(16)17/h7-10H,1-6,11,15H2,(H,16,17). The molecule has 0 radical (unpaired) electrons. The third-order valence-corrected chi connectivity index (χ3v) is 2.68. The molecule has 4 nitrogen and oxygen atoms in total. The van der Waals surface area contributed by atoms with E-state index in [4.69, 9.17) is 15.6 Å². The van der Waals surface area contributed by atoms with E-state index in [9.17, 15) is 4.79 Å². The highest BCUT2D eigenvalue weighted by molar-refractivity contribution is 5.66. The molecule has 0 aliphatic carbocycles. The van der Waals surface area contributed by atoms with Gasteiger partial charge in [0, 0.05) is 12.1 Å². The third-order valence-electron chi connectivity index (χ3n) is 2.68. The molecule has 0 atom stereocenters. The number of nitrogen functional groups attached to an aromatic ring is 1. The number of hydrogen-bond donors (Lipinski definition) is 2. The minimum Gasteiger partial charge on any atom is -0.494 e. The van der Waals surface area contributed by atoms with Gasteiger partial charge in [-0.3, -0.25) is 4.79 Å². The average Bonchev–Trinajstić information content (AvgIpc) is 2.34. The zero-order valence-corrected chi connectivity index (χ0v) is 10.6. The van der Waals surface area contributed by atoms with Crippen molar-refractivity contribution >= 4 is 11.7 Å². The van der Waals surface area contributed by atoms with Gasteiger partial charge in [0.1, 0.15) is 5.75 Å². The normalized spacial score (nSPS) is 10.2. The highest BCUT2D eigenvalue weighted by Gasteiger charge is 1.97. The van der Waals surface area contributed by atoms with E-state index in [1.165, 1.54) is 0 Å². The van der Waals surface area contributed by atoms with E-state index in [-0.39, 0.29) is 6.42 Å². The fourth-order valence-electron chi connectivity index (χ4n) is 1.66. The maximum atomic E-state index is 10.3. The molecule has 1 aromatic rings. The highest BCUT2D eigenvalue weighted by Crippen LogP contribution is 2.14. The number of benzene rings is 1. The molecule has 0 saturated heterocycles. The summed E-state index contributed by atoms with van der Waals surface area (Å²) in [5.41, 5.74) is 6.31. The second-order valence-corrected chi connectivity index (χ2v) is 4.33. The van der Waals surface area contributed by atoms with Crippen molar-refractivity contribution in [1.82, 2.24) is 0 Å². The van der Waals surface area contributed by atoms with E-state index in [1.54, 1.807) is 0 Å². The molecule has 0 fully saturated rings. The van der Waals surface area contributed by atoms with Crippen LogP contribution < -0.4 is 10.5 Å². The Balaban J connectivity index is 1.95. The second-order valence-electron chi connectivity index (χ2n) is 4.33. The molecule has 0 aromatic heterocycles. The van der Waals surface area contributed by atoms with Gasteiger partial charge in [-0.05, 0) is 37.1 Å². The summed E-state index contributed by atoms with van der Waals surface area (Å²) >= 11 is 0. The Morgan fingerprint density at radius 2 is 1.67 bits per heavy atom. The fraction of sp³-hybridized carbons (Fsp3) is 0.500. The molecule has 0 heterocycles. The van der Waals surface area contributed by atoms with Gasteiger partial charge in [-0.15, -0.1) is 0 Å². The lowest BCUT2D eigenvalue weighted by Crippen LogP contribution is -1.98. The van der Waals surface area contributed by atoms with Gasteiger partial charge in [0.05, 0.1) is 6.61 Å². The van der Waals surface area contributed by atoms with Crippen molar-refractivity contribution in [1.29, 1.82) is 0 Å². The monoisotopic (exact) mass is 251 g/mol. The minimum absolute atomic E-state index is 0.280. The van der Waals surface area contributed by atoms with Crippen LogP contribution in [0.5, 0.6) is 5.75 Å². The zero-order valence-electron chi connectivity index (χ0n) is 10.6. The van der Waals surface area contributed by atoms with Gasteiger partial charge >= 0.3 is 5.97 Å². The first-order valence-electron chi connectivity index (χ1n) is 6.38. The van der Waals surface area contributed by atoms with Crippen molar-refractivity contribution in [2.75, 3.05) is 12.3 Å². The maximum absolute atomic E-state index is 10.3. The highest BCUT2D eigenvalue weighted by atomic mass is 16.5. The van der Waals surface area contributed by atoms with E-state index in [2.05, 4.69) is 0 Å². The predicted molar refractivity (Wildman–Crippen MR) is 71.7 cm³/mol. The molecule has 1 aromatic carbocycles. The Labute approximate surface area is 108 Å². The molecular formula is C14H21NO3. The first kappa shape index (κ1) is 14.4. The molecule has 0 amide bonds. The van der Waals surface area contributed by atoms with Crippen LogP contribution in [0.3, 0.4) is 0 Å². The topological polar surface area (TPSA) is 72.5 Å². The largest absolute Gasteiger partial charge is 0.494 e. The molecule has 0 unspecified atom stereocenters. The average molecular weight is 251 g/mol. The Kier molecular flexibility index (Phi) is 6.69. The van der Waals surface area contributed by atoms with E-state index in [1.807, 2.05) is 24.3 Å². The molecule has 0 aliphatic rings. The van der Waals surface area contributed by atoms with Crippen LogP contribution in [0.1, 0.15) is 38.5 Å². The Morgan fingerprint density at radius 3 is 2.33 bits per heavy atom.